The topological polar surface area (TPSA) is 38.7 Å². The quantitative estimate of drug-likeness (QED) is 0.201. The molecule has 0 unspecified atom stereocenters. The summed E-state index contributed by atoms with van der Waals surface area (Å²) in [6, 6.07) is 0. The van der Waals surface area contributed by atoms with Crippen LogP contribution in [0.1, 0.15) is 176 Å². The lowest BCUT2D eigenvalue weighted by Crippen LogP contribution is -2.24. The van der Waals surface area contributed by atoms with Gasteiger partial charge in [-0.25, -0.2) is 4.39 Å². The van der Waals surface area contributed by atoms with Crippen molar-refractivity contribution in [3.05, 3.63) is 11.9 Å². The predicted octanol–water partition coefficient (Wildman–Crippen LogP) is 13.8. The molecule has 1 aliphatic carbocycles. The molecule has 0 atom stereocenters. The van der Waals surface area contributed by atoms with Crippen molar-refractivity contribution < 1.29 is 19.0 Å². The van der Waals surface area contributed by atoms with Gasteiger partial charge in [-0.05, 0) is 84.9 Å². The van der Waals surface area contributed by atoms with Crippen molar-refractivity contribution >= 4 is 0 Å². The van der Waals surface area contributed by atoms with Crippen LogP contribution in [-0.4, -0.2) is 39.1 Å². The number of hydrogen-bond acceptors (Lipinski definition) is 3. The first-order valence-electron chi connectivity index (χ1n) is 18.9. The summed E-state index contributed by atoms with van der Waals surface area (Å²) in [5.74, 6) is 5.94. The van der Waals surface area contributed by atoms with Crippen molar-refractivity contribution in [2.24, 2.45) is 52.3 Å². The number of halogens is 1. The molecule has 0 aromatic heterocycles. The fourth-order valence-electron chi connectivity index (χ4n) is 3.85. The minimum absolute atomic E-state index is 0.0788. The Bertz CT molecular complexity index is 603. The third-order valence-corrected chi connectivity index (χ3v) is 8.17. The van der Waals surface area contributed by atoms with Gasteiger partial charge >= 0.3 is 0 Å². The largest absolute Gasteiger partial charge is 0.396 e. The highest BCUT2D eigenvalue weighted by Crippen LogP contribution is 2.34. The van der Waals surface area contributed by atoms with Crippen molar-refractivity contribution in [2.75, 3.05) is 34.0 Å². The molecule has 46 heavy (non-hydrogen) atoms. The van der Waals surface area contributed by atoms with E-state index in [1.54, 1.807) is 20.3 Å². The summed E-state index contributed by atoms with van der Waals surface area (Å²) in [4.78, 5) is 0. The molecular formula is C42H91FO3. The van der Waals surface area contributed by atoms with Crippen molar-refractivity contribution in [1.29, 1.82) is 0 Å². The fourth-order valence-corrected chi connectivity index (χ4v) is 3.85. The van der Waals surface area contributed by atoms with Crippen LogP contribution in [0.2, 0.25) is 0 Å². The lowest BCUT2D eigenvalue weighted by molar-refractivity contribution is 0.0717. The van der Waals surface area contributed by atoms with Crippen LogP contribution in [0.25, 0.3) is 0 Å². The molecule has 0 bridgehead atoms. The summed E-state index contributed by atoms with van der Waals surface area (Å²) >= 11 is 0. The van der Waals surface area contributed by atoms with E-state index in [9.17, 15) is 4.39 Å². The average molecular weight is 663 g/mol. The fraction of sp³-hybridized carbons (Fsp3) is 0.952. The number of methoxy groups -OCH3 is 2. The Morgan fingerprint density at radius 2 is 1.24 bits per heavy atom. The van der Waals surface area contributed by atoms with E-state index >= 15 is 0 Å². The first-order valence-corrected chi connectivity index (χ1v) is 18.9. The molecule has 1 fully saturated rings. The molecule has 0 heterocycles. The van der Waals surface area contributed by atoms with E-state index in [4.69, 9.17) is 14.6 Å². The van der Waals surface area contributed by atoms with E-state index in [0.29, 0.717) is 23.9 Å². The van der Waals surface area contributed by atoms with Crippen LogP contribution in [0.15, 0.2) is 11.9 Å². The van der Waals surface area contributed by atoms with Crippen molar-refractivity contribution in [3.63, 3.8) is 0 Å². The number of rotatable bonds is 14. The summed E-state index contributed by atoms with van der Waals surface area (Å²) in [7, 11) is 3.49. The summed E-state index contributed by atoms with van der Waals surface area (Å²) < 4.78 is 22.0. The van der Waals surface area contributed by atoms with Gasteiger partial charge in [0, 0.05) is 27.4 Å². The molecule has 0 aliphatic heterocycles. The smallest absolute Gasteiger partial charge is 0.0929 e. The Morgan fingerprint density at radius 3 is 1.33 bits per heavy atom. The maximum Gasteiger partial charge on any atom is 0.0929 e. The van der Waals surface area contributed by atoms with E-state index in [0.717, 1.165) is 55.6 Å². The number of aliphatic hydroxyl groups excluding tert-OH is 1. The maximum absolute atomic E-state index is 12.1. The Labute approximate surface area is 292 Å². The van der Waals surface area contributed by atoms with Crippen LogP contribution in [0.3, 0.4) is 0 Å². The van der Waals surface area contributed by atoms with E-state index in [1.165, 1.54) is 45.4 Å². The van der Waals surface area contributed by atoms with Gasteiger partial charge in [-0.1, -0.05) is 149 Å². The zero-order valence-electron chi connectivity index (χ0n) is 35.5. The Kier molecular flexibility index (Phi) is 41.1. The third kappa shape index (κ3) is 55.9. The maximum atomic E-state index is 12.1. The van der Waals surface area contributed by atoms with E-state index in [-0.39, 0.29) is 11.2 Å². The highest BCUT2D eigenvalue weighted by atomic mass is 19.1. The molecule has 0 saturated heterocycles. The monoisotopic (exact) mass is 663 g/mol. The highest BCUT2D eigenvalue weighted by Gasteiger charge is 2.22. The highest BCUT2D eigenvalue weighted by molar-refractivity contribution is 4.89. The van der Waals surface area contributed by atoms with E-state index in [1.807, 2.05) is 0 Å². The first-order chi connectivity index (χ1) is 21.0. The molecule has 1 aliphatic rings. The zero-order chi connectivity index (χ0) is 37.5. The van der Waals surface area contributed by atoms with Crippen molar-refractivity contribution in [2.45, 2.75) is 176 Å². The van der Waals surface area contributed by atoms with Crippen molar-refractivity contribution in [3.8, 4) is 0 Å². The van der Waals surface area contributed by atoms with Gasteiger partial charge in [-0.3, -0.25) is 0 Å². The first kappa shape index (κ1) is 55.0. The molecule has 1 N–H and O–H groups in total. The molecule has 1 saturated carbocycles. The van der Waals surface area contributed by atoms with Crippen LogP contribution in [0, 0.1) is 52.3 Å². The predicted molar refractivity (Wildman–Crippen MR) is 208 cm³/mol. The normalized spacial score (nSPS) is 13.3. The van der Waals surface area contributed by atoms with Gasteiger partial charge in [0.1, 0.15) is 0 Å². The summed E-state index contributed by atoms with van der Waals surface area (Å²) in [5.41, 5.74) is 0.544. The number of hydrogen-bond donors (Lipinski definition) is 1. The van der Waals surface area contributed by atoms with Crippen LogP contribution >= 0.6 is 0 Å². The second kappa shape index (κ2) is 34.4. The molecule has 0 aromatic carbocycles. The summed E-state index contributed by atoms with van der Waals surface area (Å²) in [6.07, 6.45) is 11.7. The molecule has 284 valence electrons. The van der Waals surface area contributed by atoms with Gasteiger partial charge in [0.05, 0.1) is 12.4 Å². The number of allylic oxidation sites excluding steroid dienone is 2. The Hall–Kier alpha value is -0.450. The van der Waals surface area contributed by atoms with Gasteiger partial charge in [0.2, 0.25) is 0 Å². The molecule has 0 radical (unpaired) electrons. The van der Waals surface area contributed by atoms with Crippen LogP contribution in [0.5, 0.6) is 0 Å². The molecule has 1 rings (SSSR count). The zero-order valence-corrected chi connectivity index (χ0v) is 35.5. The lowest BCUT2D eigenvalue weighted by atomic mass is 9.82. The second-order valence-electron chi connectivity index (χ2n) is 17.1. The minimum atomic E-state index is -0.0788. The van der Waals surface area contributed by atoms with Gasteiger partial charge in [-0.15, -0.1) is 0 Å². The molecular weight excluding hydrogens is 571 g/mol. The SMILES string of the molecule is C/C(F)=C/CC(C)(C)C.CC(C)CC1CC1.CC(C)CCO.CCC(CC)C(C)C.COCC(C)(C)C(C)C.COCCC(C)C. The van der Waals surface area contributed by atoms with Crippen LogP contribution < -0.4 is 0 Å². The third-order valence-electron chi connectivity index (χ3n) is 8.17. The van der Waals surface area contributed by atoms with Crippen LogP contribution in [0.4, 0.5) is 4.39 Å². The molecule has 4 heteroatoms. The van der Waals surface area contributed by atoms with Gasteiger partial charge < -0.3 is 14.6 Å². The lowest BCUT2D eigenvalue weighted by Gasteiger charge is -2.27. The minimum Gasteiger partial charge on any atom is -0.396 e. The second-order valence-corrected chi connectivity index (χ2v) is 17.1. The number of aliphatic hydroxyl groups is 1. The molecule has 0 amide bonds. The van der Waals surface area contributed by atoms with Crippen molar-refractivity contribution in [1.82, 2.24) is 0 Å². The standard InChI is InChI=1S/C8H15F.C8H18O.C8H18.C7H14.C6H14O.C5H12O/c1-7(9)5-6-8(2,3)4;1-7(2)8(3,4)6-9-5;1-5-8(6-2)7(3)4;1-6(2)5-7-3-4-7;1-6(2)4-5-7-3;1-5(2)3-4-6/h5H,6H2,1-4H3;7H,6H2,1-5H3;7-8H,5-6H2,1-4H3;6-7H,3-5H2,1-2H3;6H,4-5H2,1-3H3;5-6H,3-4H2,1-2H3/b7-5-;;;;;. The number of ether oxygens (including phenoxy) is 2. The summed E-state index contributed by atoms with van der Waals surface area (Å²) in [6.45, 7) is 41.1. The van der Waals surface area contributed by atoms with E-state index in [2.05, 4.69) is 118 Å². The van der Waals surface area contributed by atoms with Gasteiger partial charge in [-0.2, -0.15) is 0 Å². The molecule has 0 aromatic rings. The van der Waals surface area contributed by atoms with Crippen LogP contribution in [-0.2, 0) is 9.47 Å². The Morgan fingerprint density at radius 1 is 0.783 bits per heavy atom. The van der Waals surface area contributed by atoms with Gasteiger partial charge in [0.25, 0.3) is 0 Å². The van der Waals surface area contributed by atoms with Gasteiger partial charge in [0.15, 0.2) is 0 Å². The Balaban J connectivity index is -0.000000147. The average Bonchev–Trinajstić information content (AvgIpc) is 3.71. The molecule has 3 nitrogen and oxygen atoms in total. The summed E-state index contributed by atoms with van der Waals surface area (Å²) in [5, 5.41) is 8.24. The molecule has 0 spiro atoms. The van der Waals surface area contributed by atoms with E-state index < -0.39 is 0 Å².